The molecule has 0 fully saturated rings. The van der Waals surface area contributed by atoms with Gasteiger partial charge in [0.05, 0.1) is 23.0 Å². The number of rotatable bonds is 2. The van der Waals surface area contributed by atoms with Crippen molar-refractivity contribution in [2.24, 2.45) is 7.05 Å². The fourth-order valence-electron chi connectivity index (χ4n) is 3.83. The molecule has 3 heterocycles. The standard InChI is InChI=1S/C19H15FN6O/c1-26-18(21-9-22-26)15-16(10-5-3-2-4-6-10)23-13-8-11(20)7-12-14(13)17(15)24-25-19(12)27/h2-9,15-16,23H,1H3,(H,25,27)/t15-,16?/m1/s1. The lowest BCUT2D eigenvalue weighted by Crippen LogP contribution is -2.30. The van der Waals surface area contributed by atoms with Gasteiger partial charge in [-0.3, -0.25) is 9.48 Å². The van der Waals surface area contributed by atoms with Crippen molar-refractivity contribution in [3.05, 3.63) is 82.0 Å². The van der Waals surface area contributed by atoms with Crippen LogP contribution in [0, 0.1) is 5.82 Å². The Morgan fingerprint density at radius 3 is 2.74 bits per heavy atom. The zero-order valence-electron chi connectivity index (χ0n) is 14.3. The average molecular weight is 362 g/mol. The van der Waals surface area contributed by atoms with Crippen molar-refractivity contribution in [2.45, 2.75) is 12.0 Å². The molecule has 0 aliphatic carbocycles. The lowest BCUT2D eigenvalue weighted by Gasteiger charge is -2.33. The van der Waals surface area contributed by atoms with Crippen LogP contribution in [0.25, 0.3) is 10.8 Å². The number of halogens is 1. The summed E-state index contributed by atoms with van der Waals surface area (Å²) in [6.45, 7) is 0. The van der Waals surface area contributed by atoms with Gasteiger partial charge in [-0.2, -0.15) is 10.2 Å². The molecule has 5 rings (SSSR count). The lowest BCUT2D eigenvalue weighted by molar-refractivity contribution is 0.564. The van der Waals surface area contributed by atoms with Crippen molar-refractivity contribution in [3.63, 3.8) is 0 Å². The molecule has 2 aromatic heterocycles. The number of anilines is 1. The van der Waals surface area contributed by atoms with Crippen LogP contribution in [0.15, 0.2) is 53.6 Å². The van der Waals surface area contributed by atoms with E-state index in [9.17, 15) is 9.18 Å². The molecule has 134 valence electrons. The number of nitrogens with zero attached hydrogens (tertiary/aromatic N) is 4. The molecule has 7 nitrogen and oxygen atoms in total. The van der Waals surface area contributed by atoms with Crippen molar-refractivity contribution >= 4 is 16.5 Å². The molecule has 27 heavy (non-hydrogen) atoms. The minimum atomic E-state index is -0.475. The van der Waals surface area contributed by atoms with Crippen LogP contribution < -0.4 is 10.9 Å². The minimum absolute atomic E-state index is 0.245. The van der Waals surface area contributed by atoms with Crippen LogP contribution in [0.3, 0.4) is 0 Å². The van der Waals surface area contributed by atoms with Crippen molar-refractivity contribution in [1.29, 1.82) is 0 Å². The number of aromatic nitrogens is 5. The Labute approximate surface area is 152 Å². The molecule has 2 aromatic carbocycles. The average Bonchev–Trinajstić information content (AvgIpc) is 3.10. The van der Waals surface area contributed by atoms with Crippen LogP contribution in [0.2, 0.25) is 0 Å². The smallest absolute Gasteiger partial charge is 0.272 e. The predicted octanol–water partition coefficient (Wildman–Crippen LogP) is 2.49. The summed E-state index contributed by atoms with van der Waals surface area (Å²) in [6, 6.07) is 12.2. The van der Waals surface area contributed by atoms with E-state index in [2.05, 4.69) is 25.6 Å². The van der Waals surface area contributed by atoms with E-state index >= 15 is 0 Å². The molecule has 1 aliphatic rings. The second kappa shape index (κ2) is 5.73. The van der Waals surface area contributed by atoms with E-state index in [1.54, 1.807) is 4.68 Å². The van der Waals surface area contributed by atoms with E-state index in [-0.39, 0.29) is 17.3 Å². The van der Waals surface area contributed by atoms with E-state index in [1.165, 1.54) is 18.5 Å². The quantitative estimate of drug-likeness (QED) is 0.572. The molecule has 0 saturated heterocycles. The summed E-state index contributed by atoms with van der Waals surface area (Å²) in [4.78, 5) is 16.7. The molecule has 0 bridgehead atoms. The molecule has 8 heteroatoms. The highest BCUT2D eigenvalue weighted by Crippen LogP contribution is 2.45. The normalized spacial score (nSPS) is 18.4. The third-order valence-corrected chi connectivity index (χ3v) is 5.00. The van der Waals surface area contributed by atoms with Gasteiger partial charge in [0, 0.05) is 18.1 Å². The van der Waals surface area contributed by atoms with E-state index in [1.807, 2.05) is 37.4 Å². The Morgan fingerprint density at radius 1 is 1.19 bits per heavy atom. The third-order valence-electron chi connectivity index (χ3n) is 5.00. The topological polar surface area (TPSA) is 88.5 Å². The maximum atomic E-state index is 14.1. The third kappa shape index (κ3) is 2.33. The number of benzene rings is 2. The van der Waals surface area contributed by atoms with Crippen LogP contribution in [0.1, 0.15) is 29.0 Å². The van der Waals surface area contributed by atoms with Crippen LogP contribution in [-0.4, -0.2) is 25.0 Å². The number of aryl methyl sites for hydroxylation is 1. The zero-order chi connectivity index (χ0) is 18.5. The van der Waals surface area contributed by atoms with E-state index in [0.717, 1.165) is 5.56 Å². The number of aromatic amines is 1. The molecule has 0 amide bonds. The molecule has 1 aliphatic heterocycles. The number of hydrogen-bond donors (Lipinski definition) is 2. The lowest BCUT2D eigenvalue weighted by atomic mass is 9.83. The fourth-order valence-corrected chi connectivity index (χ4v) is 3.83. The van der Waals surface area contributed by atoms with Crippen molar-refractivity contribution in [1.82, 2.24) is 25.0 Å². The molecule has 0 spiro atoms. The van der Waals surface area contributed by atoms with Gasteiger partial charge < -0.3 is 5.32 Å². The number of nitrogens with one attached hydrogen (secondary N) is 2. The van der Waals surface area contributed by atoms with Gasteiger partial charge in [-0.05, 0) is 17.7 Å². The van der Waals surface area contributed by atoms with Gasteiger partial charge in [-0.1, -0.05) is 30.3 Å². The predicted molar refractivity (Wildman–Crippen MR) is 98.0 cm³/mol. The second-order valence-corrected chi connectivity index (χ2v) is 6.57. The van der Waals surface area contributed by atoms with Gasteiger partial charge in [0.1, 0.15) is 18.0 Å². The molecule has 4 aromatic rings. The minimum Gasteiger partial charge on any atom is -0.376 e. The first-order valence-corrected chi connectivity index (χ1v) is 8.50. The summed E-state index contributed by atoms with van der Waals surface area (Å²) in [7, 11) is 1.81. The second-order valence-electron chi connectivity index (χ2n) is 6.57. The molecule has 2 atom stereocenters. The van der Waals surface area contributed by atoms with Crippen LogP contribution in [-0.2, 0) is 7.05 Å². The summed E-state index contributed by atoms with van der Waals surface area (Å²) in [5, 5.41) is 15.3. The molecule has 0 saturated carbocycles. The highest BCUT2D eigenvalue weighted by Gasteiger charge is 2.37. The Morgan fingerprint density at radius 2 is 2.00 bits per heavy atom. The van der Waals surface area contributed by atoms with E-state index < -0.39 is 11.4 Å². The highest BCUT2D eigenvalue weighted by atomic mass is 19.1. The SMILES string of the molecule is Cn1ncnc1[C@H]1c2n[nH]c(=O)c3cc(F)cc(c23)NC1c1ccccc1. The van der Waals surface area contributed by atoms with Crippen LogP contribution in [0.5, 0.6) is 0 Å². The summed E-state index contributed by atoms with van der Waals surface area (Å²) < 4.78 is 15.8. The summed E-state index contributed by atoms with van der Waals surface area (Å²) in [5.41, 5.74) is 1.77. The molecule has 0 radical (unpaired) electrons. The first-order valence-electron chi connectivity index (χ1n) is 8.50. The Hall–Kier alpha value is -3.55. The first kappa shape index (κ1) is 15.7. The Balaban J connectivity index is 1.85. The molecule has 2 N–H and O–H groups in total. The summed E-state index contributed by atoms with van der Waals surface area (Å²) in [5.74, 6) is -0.0824. The van der Waals surface area contributed by atoms with Crippen molar-refractivity contribution in [2.75, 3.05) is 5.32 Å². The number of hydrogen-bond acceptors (Lipinski definition) is 5. The Bertz CT molecular complexity index is 1220. The summed E-state index contributed by atoms with van der Waals surface area (Å²) >= 11 is 0. The largest absolute Gasteiger partial charge is 0.376 e. The van der Waals surface area contributed by atoms with Gasteiger partial charge in [0.15, 0.2) is 0 Å². The van der Waals surface area contributed by atoms with Gasteiger partial charge in [-0.25, -0.2) is 14.5 Å². The van der Waals surface area contributed by atoms with Crippen LogP contribution >= 0.6 is 0 Å². The number of H-pyrrole nitrogens is 1. The van der Waals surface area contributed by atoms with Gasteiger partial charge in [-0.15, -0.1) is 0 Å². The van der Waals surface area contributed by atoms with Crippen molar-refractivity contribution in [3.8, 4) is 0 Å². The summed E-state index contributed by atoms with van der Waals surface area (Å²) in [6.07, 6.45) is 1.49. The fraction of sp³-hybridized carbons (Fsp3) is 0.158. The molecule has 1 unspecified atom stereocenters. The van der Waals surface area contributed by atoms with Crippen molar-refractivity contribution < 1.29 is 4.39 Å². The monoisotopic (exact) mass is 362 g/mol. The maximum Gasteiger partial charge on any atom is 0.272 e. The van der Waals surface area contributed by atoms with Gasteiger partial charge in [0.2, 0.25) is 0 Å². The first-order chi connectivity index (χ1) is 13.1. The Kier molecular flexibility index (Phi) is 3.33. The maximum absolute atomic E-state index is 14.1. The molecular weight excluding hydrogens is 347 g/mol. The highest BCUT2D eigenvalue weighted by molar-refractivity contribution is 5.97. The van der Waals surface area contributed by atoms with E-state index in [0.29, 0.717) is 22.6 Å². The zero-order valence-corrected chi connectivity index (χ0v) is 14.3. The molecular formula is C19H15FN6O. The van der Waals surface area contributed by atoms with Gasteiger partial charge >= 0.3 is 0 Å². The van der Waals surface area contributed by atoms with E-state index in [4.69, 9.17) is 0 Å². The van der Waals surface area contributed by atoms with Gasteiger partial charge in [0.25, 0.3) is 5.56 Å². The van der Waals surface area contributed by atoms with Crippen LogP contribution in [0.4, 0.5) is 10.1 Å².